The molecule has 0 bridgehead atoms. The van der Waals surface area contributed by atoms with E-state index in [9.17, 15) is 14.4 Å². The summed E-state index contributed by atoms with van der Waals surface area (Å²) in [4.78, 5) is 38.5. The van der Waals surface area contributed by atoms with Gasteiger partial charge in [-0.15, -0.1) is 0 Å². The third-order valence-corrected chi connectivity index (χ3v) is 5.01. The van der Waals surface area contributed by atoms with Crippen LogP contribution in [0.5, 0.6) is 0 Å². The lowest BCUT2D eigenvalue weighted by Gasteiger charge is -2.17. The average molecular weight is 424 g/mol. The van der Waals surface area contributed by atoms with Gasteiger partial charge in [0.25, 0.3) is 5.91 Å². The molecule has 1 aliphatic rings. The highest BCUT2D eigenvalue weighted by molar-refractivity contribution is 6.31. The molecule has 1 atom stereocenters. The summed E-state index contributed by atoms with van der Waals surface area (Å²) >= 11 is 6.00. The first-order valence-electron chi connectivity index (χ1n) is 9.31. The maximum atomic E-state index is 12.6. The van der Waals surface area contributed by atoms with Crippen LogP contribution in [0.2, 0.25) is 5.02 Å². The van der Waals surface area contributed by atoms with Crippen molar-refractivity contribution in [3.63, 3.8) is 0 Å². The molecule has 4 rings (SSSR count). The quantitative estimate of drug-likeness (QED) is 0.644. The van der Waals surface area contributed by atoms with Crippen molar-refractivity contribution < 1.29 is 18.8 Å². The van der Waals surface area contributed by atoms with Gasteiger partial charge in [0, 0.05) is 35.1 Å². The van der Waals surface area contributed by atoms with E-state index in [0.717, 1.165) is 0 Å². The van der Waals surface area contributed by atoms with Gasteiger partial charge in [0.05, 0.1) is 12.2 Å². The number of furan rings is 1. The predicted molar refractivity (Wildman–Crippen MR) is 114 cm³/mol. The Kier molecular flexibility index (Phi) is 5.54. The lowest BCUT2D eigenvalue weighted by atomic mass is 10.1. The van der Waals surface area contributed by atoms with Crippen molar-refractivity contribution >= 4 is 46.4 Å². The van der Waals surface area contributed by atoms with Crippen molar-refractivity contribution in [3.05, 3.63) is 77.7 Å². The Labute approximate surface area is 177 Å². The monoisotopic (exact) mass is 423 g/mol. The predicted octanol–water partition coefficient (Wildman–Crippen LogP) is 4.18. The molecule has 1 fully saturated rings. The molecule has 1 aliphatic heterocycles. The average Bonchev–Trinajstić information content (AvgIpc) is 3.39. The molecule has 8 heteroatoms. The van der Waals surface area contributed by atoms with E-state index >= 15 is 0 Å². The Morgan fingerprint density at radius 1 is 1.00 bits per heavy atom. The first kappa shape index (κ1) is 19.7. The Hall–Kier alpha value is -3.58. The molecule has 2 N–H and O–H groups in total. The molecule has 2 heterocycles. The number of carbonyl (C=O) groups is 3. The topological polar surface area (TPSA) is 91.7 Å². The number of nitrogens with one attached hydrogen (secondary N) is 2. The minimum absolute atomic E-state index is 0.117. The highest BCUT2D eigenvalue weighted by Crippen LogP contribution is 2.28. The van der Waals surface area contributed by atoms with E-state index in [0.29, 0.717) is 28.6 Å². The largest absolute Gasteiger partial charge is 0.459 e. The fourth-order valence-corrected chi connectivity index (χ4v) is 3.44. The molecule has 0 spiro atoms. The Morgan fingerprint density at radius 3 is 2.40 bits per heavy atom. The molecule has 1 aromatic heterocycles. The maximum absolute atomic E-state index is 12.6. The van der Waals surface area contributed by atoms with Crippen LogP contribution in [0, 0.1) is 5.92 Å². The molecule has 1 unspecified atom stereocenters. The standard InChI is InChI=1S/C22H18ClN3O4/c23-15-3-1-4-18(12-15)26-13-14(11-20(26)27)21(28)24-16-6-8-17(9-7-16)25-22(29)19-5-2-10-30-19/h1-10,12,14H,11,13H2,(H,24,28)(H,25,29). The van der Waals surface area contributed by atoms with Crippen molar-refractivity contribution in [2.45, 2.75) is 6.42 Å². The van der Waals surface area contributed by atoms with Crippen LogP contribution in [0.3, 0.4) is 0 Å². The smallest absolute Gasteiger partial charge is 0.291 e. The Balaban J connectivity index is 1.36. The van der Waals surface area contributed by atoms with Crippen molar-refractivity contribution in [1.29, 1.82) is 0 Å². The molecule has 3 amide bonds. The zero-order valence-electron chi connectivity index (χ0n) is 15.8. The van der Waals surface area contributed by atoms with Gasteiger partial charge in [0.2, 0.25) is 11.8 Å². The van der Waals surface area contributed by atoms with Gasteiger partial charge in [-0.25, -0.2) is 0 Å². The molecule has 3 aromatic rings. The summed E-state index contributed by atoms with van der Waals surface area (Å²) < 4.78 is 5.05. The SMILES string of the molecule is O=C(Nc1ccc(NC(=O)C2CC(=O)N(c3cccc(Cl)c3)C2)cc1)c1ccco1. The van der Waals surface area contributed by atoms with E-state index in [2.05, 4.69) is 10.6 Å². The van der Waals surface area contributed by atoms with Crippen molar-refractivity contribution in [1.82, 2.24) is 0 Å². The highest BCUT2D eigenvalue weighted by Gasteiger charge is 2.35. The summed E-state index contributed by atoms with van der Waals surface area (Å²) in [6, 6.07) is 16.9. The fourth-order valence-electron chi connectivity index (χ4n) is 3.26. The zero-order chi connectivity index (χ0) is 21.1. The summed E-state index contributed by atoms with van der Waals surface area (Å²) in [5.74, 6) is -0.964. The van der Waals surface area contributed by atoms with E-state index in [1.807, 2.05) is 0 Å². The highest BCUT2D eigenvalue weighted by atomic mass is 35.5. The second kappa shape index (κ2) is 8.42. The number of carbonyl (C=O) groups excluding carboxylic acids is 3. The van der Waals surface area contributed by atoms with Crippen molar-refractivity contribution in [2.75, 3.05) is 22.1 Å². The maximum Gasteiger partial charge on any atom is 0.291 e. The zero-order valence-corrected chi connectivity index (χ0v) is 16.6. The number of benzene rings is 2. The van der Waals surface area contributed by atoms with Crippen LogP contribution < -0.4 is 15.5 Å². The molecular formula is C22H18ClN3O4. The van der Waals surface area contributed by atoms with Gasteiger partial charge in [-0.1, -0.05) is 17.7 Å². The van der Waals surface area contributed by atoms with Crippen LogP contribution >= 0.6 is 11.6 Å². The van der Waals surface area contributed by atoms with Crippen LogP contribution in [0.4, 0.5) is 17.1 Å². The molecule has 30 heavy (non-hydrogen) atoms. The van der Waals surface area contributed by atoms with Crippen LogP contribution in [-0.2, 0) is 9.59 Å². The van der Waals surface area contributed by atoms with Crippen LogP contribution in [0.25, 0.3) is 0 Å². The minimum atomic E-state index is -0.463. The summed E-state index contributed by atoms with van der Waals surface area (Å²) in [6.45, 7) is 0.294. The Morgan fingerprint density at radius 2 is 1.73 bits per heavy atom. The number of hydrogen-bond acceptors (Lipinski definition) is 4. The lowest BCUT2D eigenvalue weighted by molar-refractivity contribution is -0.122. The van der Waals surface area contributed by atoms with E-state index < -0.39 is 5.92 Å². The van der Waals surface area contributed by atoms with Crippen LogP contribution in [0.1, 0.15) is 17.0 Å². The second-order valence-corrected chi connectivity index (χ2v) is 7.32. The van der Waals surface area contributed by atoms with Crippen LogP contribution in [-0.4, -0.2) is 24.3 Å². The second-order valence-electron chi connectivity index (χ2n) is 6.88. The third kappa shape index (κ3) is 4.36. The number of rotatable bonds is 5. The van der Waals surface area contributed by atoms with Crippen molar-refractivity contribution in [3.8, 4) is 0 Å². The molecule has 2 aromatic carbocycles. The number of hydrogen-bond donors (Lipinski definition) is 2. The normalized spacial score (nSPS) is 15.8. The molecule has 1 saturated heterocycles. The van der Waals surface area contributed by atoms with E-state index in [1.54, 1.807) is 65.6 Å². The third-order valence-electron chi connectivity index (χ3n) is 4.77. The van der Waals surface area contributed by atoms with Gasteiger partial charge in [-0.3, -0.25) is 14.4 Å². The van der Waals surface area contributed by atoms with Crippen LogP contribution in [0.15, 0.2) is 71.3 Å². The van der Waals surface area contributed by atoms with Gasteiger partial charge in [0.1, 0.15) is 0 Å². The first-order valence-corrected chi connectivity index (χ1v) is 9.69. The number of nitrogens with zero attached hydrogens (tertiary/aromatic N) is 1. The van der Waals surface area contributed by atoms with Gasteiger partial charge in [-0.05, 0) is 54.6 Å². The van der Waals surface area contributed by atoms with Gasteiger partial charge in [-0.2, -0.15) is 0 Å². The van der Waals surface area contributed by atoms with Gasteiger partial charge >= 0.3 is 0 Å². The number of halogens is 1. The van der Waals surface area contributed by atoms with Gasteiger partial charge in [0.15, 0.2) is 5.76 Å². The van der Waals surface area contributed by atoms with Crippen molar-refractivity contribution in [2.24, 2.45) is 5.92 Å². The van der Waals surface area contributed by atoms with E-state index in [-0.39, 0.29) is 29.9 Å². The summed E-state index contributed by atoms with van der Waals surface area (Å²) in [6.07, 6.45) is 1.56. The molecule has 0 aliphatic carbocycles. The molecule has 152 valence electrons. The van der Waals surface area contributed by atoms with E-state index in [1.165, 1.54) is 6.26 Å². The number of amides is 3. The molecule has 0 radical (unpaired) electrons. The molecule has 7 nitrogen and oxygen atoms in total. The summed E-state index contributed by atoms with van der Waals surface area (Å²) in [7, 11) is 0. The minimum Gasteiger partial charge on any atom is -0.459 e. The fraction of sp³-hybridized carbons (Fsp3) is 0.136. The first-order chi connectivity index (χ1) is 14.5. The lowest BCUT2D eigenvalue weighted by Crippen LogP contribution is -2.28. The summed E-state index contributed by atoms with van der Waals surface area (Å²) in [5, 5.41) is 6.06. The molecular weight excluding hydrogens is 406 g/mol. The Bertz CT molecular complexity index is 1080. The van der Waals surface area contributed by atoms with Gasteiger partial charge < -0.3 is 20.0 Å². The summed E-state index contributed by atoms with van der Waals surface area (Å²) in [5.41, 5.74) is 1.82. The van der Waals surface area contributed by atoms with E-state index in [4.69, 9.17) is 16.0 Å². The molecule has 0 saturated carbocycles. The number of anilines is 3.